The molecule has 0 aromatic heterocycles. The number of halogens is 1. The molecule has 0 spiro atoms. The normalized spacial score (nSPS) is 23.3. The summed E-state index contributed by atoms with van der Waals surface area (Å²) in [5.74, 6) is 0. The topological polar surface area (TPSA) is 0 Å². The third-order valence-corrected chi connectivity index (χ3v) is 2.41. The van der Waals surface area contributed by atoms with Crippen LogP contribution in [0.15, 0.2) is 0 Å². The van der Waals surface area contributed by atoms with Crippen LogP contribution in [-0.2, 0) is 0 Å². The van der Waals surface area contributed by atoms with E-state index < -0.39 is 0 Å². The number of quaternary nitrogens is 1. The molecule has 0 saturated carbocycles. The molecule has 2 heteroatoms. The molecule has 0 aromatic rings. The highest BCUT2D eigenvalue weighted by molar-refractivity contribution is 4.49. The zero-order chi connectivity index (χ0) is 6.04. The fourth-order valence-electron chi connectivity index (χ4n) is 1.42. The first-order chi connectivity index (χ1) is 3.77. The molecular formula is C7H18IN+2. The Labute approximate surface area is 75.0 Å². The van der Waals surface area contributed by atoms with Crippen molar-refractivity contribution in [1.82, 2.24) is 0 Å². The average Bonchev–Trinajstić information content (AvgIpc) is 2.17. The molecule has 1 nitrogen and oxygen atoms in total. The minimum absolute atomic E-state index is 0. The van der Waals surface area contributed by atoms with Gasteiger partial charge < -0.3 is 4.48 Å². The molecule has 1 rings (SSSR count). The highest BCUT2D eigenvalue weighted by Gasteiger charge is 2.23. The van der Waals surface area contributed by atoms with E-state index in [1.165, 1.54) is 37.0 Å². The fourth-order valence-corrected chi connectivity index (χ4v) is 1.42. The van der Waals surface area contributed by atoms with Crippen molar-refractivity contribution in [2.75, 3.05) is 26.7 Å². The summed E-state index contributed by atoms with van der Waals surface area (Å²) in [5.41, 5.74) is 0. The zero-order valence-corrected chi connectivity index (χ0v) is 8.98. The van der Waals surface area contributed by atoms with Crippen molar-refractivity contribution in [2.45, 2.75) is 19.8 Å². The van der Waals surface area contributed by atoms with Crippen LogP contribution < -0.4 is 24.0 Å². The van der Waals surface area contributed by atoms with Crippen molar-refractivity contribution < 1.29 is 28.5 Å². The summed E-state index contributed by atoms with van der Waals surface area (Å²) in [4.78, 5) is 0. The highest BCUT2D eigenvalue weighted by Crippen LogP contribution is 2.14. The molecule has 1 aliphatic rings. The van der Waals surface area contributed by atoms with Gasteiger partial charge in [0.25, 0.3) is 0 Å². The first-order valence-corrected chi connectivity index (χ1v) is 3.60. The van der Waals surface area contributed by atoms with Crippen molar-refractivity contribution >= 4 is 0 Å². The Hall–Kier alpha value is 0.690. The Morgan fingerprint density at radius 3 is 1.89 bits per heavy atom. The second kappa shape index (κ2) is 3.76. The second-order valence-corrected chi connectivity index (χ2v) is 3.09. The van der Waals surface area contributed by atoms with Crippen LogP contribution in [0.3, 0.4) is 0 Å². The zero-order valence-electron chi connectivity index (χ0n) is 6.43. The maximum absolute atomic E-state index is 2.35. The second-order valence-electron chi connectivity index (χ2n) is 3.09. The molecule has 1 saturated heterocycles. The van der Waals surface area contributed by atoms with Crippen LogP contribution in [0.5, 0.6) is 0 Å². The van der Waals surface area contributed by atoms with Gasteiger partial charge in [0, 0.05) is 12.8 Å². The monoisotopic (exact) mass is 243 g/mol. The van der Waals surface area contributed by atoms with Crippen LogP contribution in [-0.4, -0.2) is 31.2 Å². The van der Waals surface area contributed by atoms with Gasteiger partial charge in [0.2, 0.25) is 24.0 Å². The van der Waals surface area contributed by atoms with Gasteiger partial charge in [-0.15, -0.1) is 0 Å². The Morgan fingerprint density at radius 1 is 1.22 bits per heavy atom. The lowest BCUT2D eigenvalue weighted by molar-refractivity contribution is -0.895. The highest BCUT2D eigenvalue weighted by atomic mass is 127. The summed E-state index contributed by atoms with van der Waals surface area (Å²) in [7, 11) is 2.35. The summed E-state index contributed by atoms with van der Waals surface area (Å²) in [6, 6.07) is 0. The van der Waals surface area contributed by atoms with Gasteiger partial charge >= 0.3 is 0 Å². The van der Waals surface area contributed by atoms with Crippen LogP contribution in [0.4, 0.5) is 0 Å². The number of nitrogens with zero attached hydrogens (tertiary/aromatic N) is 1. The van der Waals surface area contributed by atoms with E-state index in [9.17, 15) is 0 Å². The Bertz CT molecular complexity index is 77.0. The van der Waals surface area contributed by atoms with Crippen molar-refractivity contribution in [1.29, 1.82) is 0 Å². The lowest BCUT2D eigenvalue weighted by atomic mass is 10.4. The molecule has 1 heterocycles. The largest absolute Gasteiger partial charge is 0.326 e. The van der Waals surface area contributed by atoms with Crippen molar-refractivity contribution in [3.63, 3.8) is 0 Å². The molecular weight excluding hydrogens is 225 g/mol. The summed E-state index contributed by atoms with van der Waals surface area (Å²) in [6.45, 7) is 6.43. The third kappa shape index (κ3) is 2.42. The molecule has 0 N–H and O–H groups in total. The van der Waals surface area contributed by atoms with Crippen LogP contribution in [0, 0.1) is 0 Å². The molecule has 1 aliphatic heterocycles. The van der Waals surface area contributed by atoms with Crippen LogP contribution in [0.2, 0.25) is 0 Å². The quantitative estimate of drug-likeness (QED) is 0.359. The van der Waals surface area contributed by atoms with Gasteiger partial charge in [-0.1, -0.05) is 0 Å². The van der Waals surface area contributed by atoms with E-state index in [1.807, 2.05) is 0 Å². The fraction of sp³-hybridized carbons (Fsp3) is 1.00. The van der Waals surface area contributed by atoms with E-state index in [4.69, 9.17) is 0 Å². The summed E-state index contributed by atoms with van der Waals surface area (Å²) in [5, 5.41) is 0. The molecule has 0 bridgehead atoms. The van der Waals surface area contributed by atoms with E-state index in [1.54, 1.807) is 0 Å². The summed E-state index contributed by atoms with van der Waals surface area (Å²) >= 11 is 0. The predicted octanol–water partition coefficient (Wildman–Crippen LogP) is -2.28. The number of hydrogen-bond donors (Lipinski definition) is 0. The first kappa shape index (κ1) is 9.69. The van der Waals surface area contributed by atoms with Gasteiger partial charge in [-0.05, 0) is 6.92 Å². The summed E-state index contributed by atoms with van der Waals surface area (Å²) in [6.07, 6.45) is 2.90. The van der Waals surface area contributed by atoms with Gasteiger partial charge in [-0.2, -0.15) is 0 Å². The van der Waals surface area contributed by atoms with Gasteiger partial charge in [-0.3, -0.25) is 0 Å². The maximum atomic E-state index is 2.35. The number of likely N-dealkylation sites (tertiary alicyclic amines) is 1. The standard InChI is InChI=1S/C7H16N.H2I/c1-3-8(2)6-4-5-7-8;/h3-7H2,1-2H3;1H2/q2*+1. The lowest BCUT2D eigenvalue weighted by Crippen LogP contribution is -3.00. The van der Waals surface area contributed by atoms with Crippen molar-refractivity contribution in [3.8, 4) is 0 Å². The minimum atomic E-state index is 0. The van der Waals surface area contributed by atoms with E-state index in [0.717, 1.165) is 0 Å². The van der Waals surface area contributed by atoms with E-state index in [2.05, 4.69) is 14.0 Å². The van der Waals surface area contributed by atoms with Crippen LogP contribution >= 0.6 is 0 Å². The Kier molecular flexibility index (Phi) is 4.05. The number of hydrogen-bond acceptors (Lipinski definition) is 0. The van der Waals surface area contributed by atoms with Crippen molar-refractivity contribution in [2.24, 2.45) is 0 Å². The predicted molar refractivity (Wildman–Crippen MR) is 38.5 cm³/mol. The van der Waals surface area contributed by atoms with Gasteiger partial charge in [0.05, 0.1) is 26.7 Å². The van der Waals surface area contributed by atoms with E-state index >= 15 is 0 Å². The van der Waals surface area contributed by atoms with Gasteiger partial charge in [-0.25, -0.2) is 0 Å². The average molecular weight is 243 g/mol. The smallest absolute Gasteiger partial charge is 0.235 e. The van der Waals surface area contributed by atoms with Crippen LogP contribution in [0.25, 0.3) is 0 Å². The SMILES string of the molecule is CC[N+]1(C)CCCC1.[IH2+]. The molecule has 9 heavy (non-hydrogen) atoms. The minimum Gasteiger partial charge on any atom is -0.326 e. The summed E-state index contributed by atoms with van der Waals surface area (Å²) < 4.78 is 1.32. The van der Waals surface area contributed by atoms with E-state index in [-0.39, 0.29) is 24.0 Å². The van der Waals surface area contributed by atoms with Gasteiger partial charge in [0.15, 0.2) is 0 Å². The Morgan fingerprint density at radius 2 is 1.67 bits per heavy atom. The maximum Gasteiger partial charge on any atom is 0.235 e. The van der Waals surface area contributed by atoms with Crippen LogP contribution in [0.1, 0.15) is 19.8 Å². The first-order valence-electron chi connectivity index (χ1n) is 3.60. The third-order valence-electron chi connectivity index (χ3n) is 2.41. The molecule has 0 unspecified atom stereocenters. The van der Waals surface area contributed by atoms with Gasteiger partial charge in [0.1, 0.15) is 0 Å². The van der Waals surface area contributed by atoms with E-state index in [0.29, 0.717) is 0 Å². The molecule has 0 radical (unpaired) electrons. The molecule has 1 fully saturated rings. The molecule has 0 aromatic carbocycles. The number of rotatable bonds is 1. The molecule has 56 valence electrons. The lowest BCUT2D eigenvalue weighted by Gasteiger charge is -2.26. The Balaban J connectivity index is 0.000000640. The molecule has 0 amide bonds. The van der Waals surface area contributed by atoms with Crippen molar-refractivity contribution in [3.05, 3.63) is 0 Å². The molecule has 0 aliphatic carbocycles. The molecule has 0 atom stereocenters.